The summed E-state index contributed by atoms with van der Waals surface area (Å²) in [6.07, 6.45) is 2.04. The largest absolute Gasteiger partial charge is 0.356 e. The molecule has 0 saturated heterocycles. The van der Waals surface area contributed by atoms with E-state index in [0.29, 0.717) is 11.8 Å². The third-order valence-corrected chi connectivity index (χ3v) is 5.04. The van der Waals surface area contributed by atoms with Gasteiger partial charge in [-0.2, -0.15) is 0 Å². The van der Waals surface area contributed by atoms with Gasteiger partial charge >= 0.3 is 0 Å². The minimum Gasteiger partial charge on any atom is -0.356 e. The highest BCUT2D eigenvalue weighted by atomic mass is 16.2. The van der Waals surface area contributed by atoms with E-state index < -0.39 is 0 Å². The highest BCUT2D eigenvalue weighted by Gasteiger charge is 2.43. The average molecular weight is 268 g/mol. The predicted molar refractivity (Wildman–Crippen MR) is 79.4 cm³/mol. The third-order valence-electron chi connectivity index (χ3n) is 5.04. The second kappa shape index (κ2) is 4.11. The number of para-hydroxylation sites is 1. The summed E-state index contributed by atoms with van der Waals surface area (Å²) < 4.78 is 0. The van der Waals surface area contributed by atoms with Gasteiger partial charge in [0, 0.05) is 29.1 Å². The fourth-order valence-electron chi connectivity index (χ4n) is 3.61. The van der Waals surface area contributed by atoms with Crippen molar-refractivity contribution in [2.45, 2.75) is 32.7 Å². The van der Waals surface area contributed by atoms with Crippen LogP contribution >= 0.6 is 0 Å². The smallest absolute Gasteiger partial charge is 0.226 e. The van der Waals surface area contributed by atoms with E-state index in [2.05, 4.69) is 48.0 Å². The van der Waals surface area contributed by atoms with Crippen molar-refractivity contribution in [2.24, 2.45) is 11.8 Å². The Kier molecular flexibility index (Phi) is 2.47. The Morgan fingerprint density at radius 3 is 2.80 bits per heavy atom. The molecule has 3 heteroatoms. The number of nitrogens with one attached hydrogen (secondary N) is 1. The first-order valence-electron chi connectivity index (χ1n) is 7.56. The molecule has 0 bridgehead atoms. The Hall–Kier alpha value is -1.77. The molecule has 1 amide bonds. The van der Waals surface area contributed by atoms with Crippen LogP contribution in [-0.4, -0.2) is 22.3 Å². The zero-order valence-electron chi connectivity index (χ0n) is 12.0. The minimum absolute atomic E-state index is 0.173. The first kappa shape index (κ1) is 12.0. The normalized spacial score (nSPS) is 28.5. The summed E-state index contributed by atoms with van der Waals surface area (Å²) in [6, 6.07) is 8.62. The Morgan fingerprint density at radius 2 is 2.05 bits per heavy atom. The molecule has 1 aliphatic heterocycles. The van der Waals surface area contributed by atoms with Crippen molar-refractivity contribution < 1.29 is 4.79 Å². The van der Waals surface area contributed by atoms with Crippen molar-refractivity contribution in [3.05, 3.63) is 35.5 Å². The number of hydrogen-bond donors (Lipinski definition) is 1. The summed E-state index contributed by atoms with van der Waals surface area (Å²) >= 11 is 0. The summed E-state index contributed by atoms with van der Waals surface area (Å²) in [5.41, 5.74) is 3.83. The molecule has 4 rings (SSSR count). The van der Waals surface area contributed by atoms with Crippen molar-refractivity contribution in [1.82, 2.24) is 9.88 Å². The molecular weight excluding hydrogens is 248 g/mol. The van der Waals surface area contributed by atoms with E-state index in [0.717, 1.165) is 19.4 Å². The molecule has 2 heterocycles. The van der Waals surface area contributed by atoms with E-state index in [4.69, 9.17) is 0 Å². The highest BCUT2D eigenvalue weighted by molar-refractivity contribution is 5.87. The Morgan fingerprint density at radius 1 is 1.30 bits per heavy atom. The van der Waals surface area contributed by atoms with Gasteiger partial charge < -0.3 is 9.88 Å². The lowest BCUT2D eigenvalue weighted by Gasteiger charge is -2.34. The van der Waals surface area contributed by atoms with E-state index >= 15 is 0 Å². The zero-order valence-corrected chi connectivity index (χ0v) is 12.0. The molecule has 0 radical (unpaired) electrons. The van der Waals surface area contributed by atoms with Crippen molar-refractivity contribution >= 4 is 16.8 Å². The van der Waals surface area contributed by atoms with Crippen LogP contribution in [0, 0.1) is 11.8 Å². The number of hydrogen-bond acceptors (Lipinski definition) is 1. The van der Waals surface area contributed by atoms with Crippen LogP contribution in [0.1, 0.15) is 37.6 Å². The van der Waals surface area contributed by atoms with Crippen LogP contribution in [-0.2, 0) is 11.2 Å². The molecule has 0 unspecified atom stereocenters. The lowest BCUT2D eigenvalue weighted by molar-refractivity contribution is -0.135. The molecule has 2 aliphatic rings. The summed E-state index contributed by atoms with van der Waals surface area (Å²) in [5.74, 6) is 1.22. The number of benzene rings is 1. The maximum Gasteiger partial charge on any atom is 0.226 e. The van der Waals surface area contributed by atoms with Crippen LogP contribution in [0.2, 0.25) is 0 Å². The van der Waals surface area contributed by atoms with E-state index in [-0.39, 0.29) is 12.0 Å². The van der Waals surface area contributed by atoms with Gasteiger partial charge in [-0.3, -0.25) is 4.79 Å². The first-order valence-corrected chi connectivity index (χ1v) is 7.56. The van der Waals surface area contributed by atoms with Crippen molar-refractivity contribution in [3.8, 4) is 0 Å². The van der Waals surface area contributed by atoms with Gasteiger partial charge in [0.15, 0.2) is 0 Å². The molecule has 104 valence electrons. The lowest BCUT2D eigenvalue weighted by atomic mass is 9.97. The van der Waals surface area contributed by atoms with Crippen LogP contribution in [0.3, 0.4) is 0 Å². The molecule has 1 saturated carbocycles. The van der Waals surface area contributed by atoms with Gasteiger partial charge in [0.1, 0.15) is 0 Å². The summed E-state index contributed by atoms with van der Waals surface area (Å²) in [7, 11) is 0. The minimum atomic E-state index is 0.173. The van der Waals surface area contributed by atoms with Gasteiger partial charge in [0.25, 0.3) is 0 Å². The lowest BCUT2D eigenvalue weighted by Crippen LogP contribution is -2.39. The number of rotatable bonds is 1. The van der Waals surface area contributed by atoms with Crippen molar-refractivity contribution in [1.29, 1.82) is 0 Å². The van der Waals surface area contributed by atoms with Gasteiger partial charge in [-0.15, -0.1) is 0 Å². The maximum atomic E-state index is 12.5. The Bertz CT molecular complexity index is 687. The average Bonchev–Trinajstić information content (AvgIpc) is 3.06. The molecule has 1 aliphatic carbocycles. The maximum absolute atomic E-state index is 12.5. The molecule has 1 aromatic carbocycles. The van der Waals surface area contributed by atoms with Crippen LogP contribution < -0.4 is 0 Å². The number of amides is 1. The number of H-pyrrole nitrogens is 1. The molecule has 1 N–H and O–H groups in total. The number of aromatic nitrogens is 1. The Balaban J connectivity index is 1.71. The number of aromatic amines is 1. The number of carbonyl (C=O) groups excluding carboxylic acids is 1. The monoisotopic (exact) mass is 268 g/mol. The predicted octanol–water partition coefficient (Wildman–Crippen LogP) is 3.27. The van der Waals surface area contributed by atoms with Crippen molar-refractivity contribution in [3.63, 3.8) is 0 Å². The summed E-state index contributed by atoms with van der Waals surface area (Å²) in [5, 5.41) is 1.32. The molecular formula is C17H20N2O. The standard InChI is InChI=1S/C17H20N2O/c1-10-9-14(10)17(20)19-8-7-13-12-5-3-4-6-15(12)18-16(13)11(19)2/h3-6,10-11,14,18H,7-9H2,1-2H3/t10-,11+,14-/m1/s1. The van der Waals surface area contributed by atoms with E-state index in [1.54, 1.807) is 0 Å². The van der Waals surface area contributed by atoms with Crippen LogP contribution in [0.15, 0.2) is 24.3 Å². The van der Waals surface area contributed by atoms with Gasteiger partial charge in [-0.1, -0.05) is 25.1 Å². The number of fused-ring (bicyclic) bond motifs is 3. The first-order chi connectivity index (χ1) is 9.66. The Labute approximate surface area is 119 Å². The zero-order chi connectivity index (χ0) is 13.9. The topological polar surface area (TPSA) is 36.1 Å². The van der Waals surface area contributed by atoms with Crippen LogP contribution in [0.4, 0.5) is 0 Å². The van der Waals surface area contributed by atoms with Gasteiger partial charge in [-0.05, 0) is 37.3 Å². The van der Waals surface area contributed by atoms with E-state index in [1.165, 1.54) is 22.2 Å². The van der Waals surface area contributed by atoms with Gasteiger partial charge in [-0.25, -0.2) is 0 Å². The quantitative estimate of drug-likeness (QED) is 0.846. The van der Waals surface area contributed by atoms with E-state index in [1.807, 2.05) is 0 Å². The fourth-order valence-corrected chi connectivity index (χ4v) is 3.61. The second-order valence-corrected chi connectivity index (χ2v) is 6.34. The molecule has 1 fully saturated rings. The molecule has 3 nitrogen and oxygen atoms in total. The summed E-state index contributed by atoms with van der Waals surface area (Å²) in [6.45, 7) is 5.18. The molecule has 3 atom stereocenters. The van der Waals surface area contributed by atoms with Gasteiger partial charge in [0.2, 0.25) is 5.91 Å². The second-order valence-electron chi connectivity index (χ2n) is 6.34. The van der Waals surface area contributed by atoms with Crippen LogP contribution in [0.25, 0.3) is 10.9 Å². The molecule has 0 spiro atoms. The SMILES string of the molecule is C[C@@H]1C[C@H]1C(=O)N1CCc2c([nH]c3ccccc23)[C@@H]1C. The number of carbonyl (C=O) groups is 1. The molecule has 1 aromatic heterocycles. The molecule has 2 aromatic rings. The van der Waals surface area contributed by atoms with Crippen LogP contribution in [0.5, 0.6) is 0 Å². The van der Waals surface area contributed by atoms with Gasteiger partial charge in [0.05, 0.1) is 6.04 Å². The third kappa shape index (κ3) is 1.62. The highest BCUT2D eigenvalue weighted by Crippen LogP contribution is 2.42. The van der Waals surface area contributed by atoms with E-state index in [9.17, 15) is 4.79 Å². The summed E-state index contributed by atoms with van der Waals surface area (Å²) in [4.78, 5) is 18.1. The molecule has 20 heavy (non-hydrogen) atoms. The fraction of sp³-hybridized carbons (Fsp3) is 0.471. The van der Waals surface area contributed by atoms with Crippen molar-refractivity contribution in [2.75, 3.05) is 6.54 Å². The number of nitrogens with zero attached hydrogens (tertiary/aromatic N) is 1.